The van der Waals surface area contributed by atoms with Crippen molar-refractivity contribution in [2.45, 2.75) is 20.4 Å². The molecule has 0 aliphatic rings. The molecular weight excluding hydrogens is 240 g/mol. The van der Waals surface area contributed by atoms with Crippen molar-refractivity contribution in [3.8, 4) is 0 Å². The molecule has 2 rings (SSSR count). The summed E-state index contributed by atoms with van der Waals surface area (Å²) in [5.41, 5.74) is 4.01. The van der Waals surface area contributed by atoms with Crippen LogP contribution in [-0.2, 0) is 18.4 Å². The number of hydrogen-bond donors (Lipinski definition) is 2. The quantitative estimate of drug-likeness (QED) is 0.884. The lowest BCUT2D eigenvalue weighted by Crippen LogP contribution is -2.08. The molecular formula is C14H18N4O. The second-order valence-corrected chi connectivity index (χ2v) is 4.51. The smallest absolute Gasteiger partial charge is 0.221 e. The Morgan fingerprint density at radius 3 is 2.74 bits per heavy atom. The van der Waals surface area contributed by atoms with Gasteiger partial charge in [0.25, 0.3) is 0 Å². The maximum atomic E-state index is 11.0. The lowest BCUT2D eigenvalue weighted by Gasteiger charge is -2.11. The van der Waals surface area contributed by atoms with Gasteiger partial charge in [0.05, 0.1) is 12.2 Å². The summed E-state index contributed by atoms with van der Waals surface area (Å²) in [6, 6.07) is 7.85. The fraction of sp³-hybridized carbons (Fsp3) is 0.286. The molecule has 100 valence electrons. The van der Waals surface area contributed by atoms with Gasteiger partial charge in [0, 0.05) is 31.5 Å². The molecule has 1 heterocycles. The number of aryl methyl sites for hydroxylation is 2. The number of benzene rings is 1. The number of nitrogens with zero attached hydrogens (tertiary/aromatic N) is 2. The third kappa shape index (κ3) is 3.34. The molecule has 0 aliphatic carbocycles. The van der Waals surface area contributed by atoms with Gasteiger partial charge in [-0.2, -0.15) is 5.10 Å². The summed E-state index contributed by atoms with van der Waals surface area (Å²) in [4.78, 5) is 11.0. The standard InChI is InChI=1S/C14H18N4O/c1-10-8-12(4-5-14(10)17-11(2)19)15-9-13-6-7-16-18(13)3/h4-8,15H,9H2,1-3H3,(H,17,19). The first kappa shape index (κ1) is 13.1. The van der Waals surface area contributed by atoms with Crippen molar-refractivity contribution >= 4 is 17.3 Å². The SMILES string of the molecule is CC(=O)Nc1ccc(NCc2ccnn2C)cc1C. The zero-order valence-electron chi connectivity index (χ0n) is 11.4. The average molecular weight is 258 g/mol. The van der Waals surface area contributed by atoms with Gasteiger partial charge in [-0.25, -0.2) is 0 Å². The van der Waals surface area contributed by atoms with Crippen LogP contribution in [0.3, 0.4) is 0 Å². The van der Waals surface area contributed by atoms with Crippen LogP contribution >= 0.6 is 0 Å². The molecule has 0 spiro atoms. The van der Waals surface area contributed by atoms with Crippen LogP contribution in [0.15, 0.2) is 30.5 Å². The van der Waals surface area contributed by atoms with Crippen molar-refractivity contribution in [2.75, 3.05) is 10.6 Å². The van der Waals surface area contributed by atoms with Crippen molar-refractivity contribution in [1.29, 1.82) is 0 Å². The van der Waals surface area contributed by atoms with Gasteiger partial charge >= 0.3 is 0 Å². The predicted molar refractivity (Wildman–Crippen MR) is 76.0 cm³/mol. The van der Waals surface area contributed by atoms with E-state index in [4.69, 9.17) is 0 Å². The Morgan fingerprint density at radius 1 is 1.37 bits per heavy atom. The van der Waals surface area contributed by atoms with E-state index in [1.54, 1.807) is 6.20 Å². The van der Waals surface area contributed by atoms with Crippen LogP contribution in [-0.4, -0.2) is 15.7 Å². The summed E-state index contributed by atoms with van der Waals surface area (Å²) < 4.78 is 1.84. The van der Waals surface area contributed by atoms with Crippen molar-refractivity contribution in [3.05, 3.63) is 41.7 Å². The summed E-state index contributed by atoms with van der Waals surface area (Å²) >= 11 is 0. The Labute approximate surface area is 112 Å². The minimum Gasteiger partial charge on any atom is -0.379 e. The number of carbonyl (C=O) groups is 1. The van der Waals surface area contributed by atoms with E-state index in [1.807, 2.05) is 42.9 Å². The van der Waals surface area contributed by atoms with Gasteiger partial charge in [0.15, 0.2) is 0 Å². The van der Waals surface area contributed by atoms with Gasteiger partial charge in [0.2, 0.25) is 5.91 Å². The molecule has 2 N–H and O–H groups in total. The first-order valence-electron chi connectivity index (χ1n) is 6.15. The monoisotopic (exact) mass is 258 g/mol. The zero-order chi connectivity index (χ0) is 13.8. The van der Waals surface area contributed by atoms with E-state index in [1.165, 1.54) is 6.92 Å². The molecule has 0 saturated heterocycles. The van der Waals surface area contributed by atoms with Crippen LogP contribution in [0.4, 0.5) is 11.4 Å². The number of nitrogens with one attached hydrogen (secondary N) is 2. The molecule has 0 bridgehead atoms. The van der Waals surface area contributed by atoms with E-state index in [9.17, 15) is 4.79 Å². The Morgan fingerprint density at radius 2 is 2.16 bits per heavy atom. The van der Waals surface area contributed by atoms with Crippen LogP contribution in [0.2, 0.25) is 0 Å². The van der Waals surface area contributed by atoms with Crippen LogP contribution < -0.4 is 10.6 Å². The van der Waals surface area contributed by atoms with Gasteiger partial charge in [-0.3, -0.25) is 9.48 Å². The summed E-state index contributed by atoms with van der Waals surface area (Å²) in [5, 5.41) is 10.3. The lowest BCUT2D eigenvalue weighted by atomic mass is 10.1. The molecule has 5 heteroatoms. The van der Waals surface area contributed by atoms with Gasteiger partial charge in [-0.1, -0.05) is 0 Å². The summed E-state index contributed by atoms with van der Waals surface area (Å²) in [7, 11) is 1.92. The fourth-order valence-corrected chi connectivity index (χ4v) is 1.87. The van der Waals surface area contributed by atoms with Gasteiger partial charge in [-0.05, 0) is 36.8 Å². The van der Waals surface area contributed by atoms with E-state index >= 15 is 0 Å². The van der Waals surface area contributed by atoms with E-state index < -0.39 is 0 Å². The lowest BCUT2D eigenvalue weighted by molar-refractivity contribution is -0.114. The number of hydrogen-bond acceptors (Lipinski definition) is 3. The van der Waals surface area contributed by atoms with E-state index in [0.29, 0.717) is 0 Å². The zero-order valence-corrected chi connectivity index (χ0v) is 11.4. The van der Waals surface area contributed by atoms with Crippen LogP contribution in [0, 0.1) is 6.92 Å². The predicted octanol–water partition coefficient (Wildman–Crippen LogP) is 2.30. The Bertz CT molecular complexity index is 589. The molecule has 5 nitrogen and oxygen atoms in total. The number of aromatic nitrogens is 2. The maximum Gasteiger partial charge on any atom is 0.221 e. The van der Waals surface area contributed by atoms with E-state index in [-0.39, 0.29) is 5.91 Å². The summed E-state index contributed by atoms with van der Waals surface area (Å²) in [6.45, 7) is 4.20. The third-order valence-electron chi connectivity index (χ3n) is 2.93. The highest BCUT2D eigenvalue weighted by molar-refractivity contribution is 5.89. The molecule has 0 saturated carbocycles. The minimum atomic E-state index is -0.0568. The Kier molecular flexibility index (Phi) is 3.85. The summed E-state index contributed by atoms with van der Waals surface area (Å²) in [5.74, 6) is -0.0568. The van der Waals surface area contributed by atoms with Gasteiger partial charge in [-0.15, -0.1) is 0 Å². The first-order chi connectivity index (χ1) is 9.06. The third-order valence-corrected chi connectivity index (χ3v) is 2.93. The molecule has 1 aromatic heterocycles. The second kappa shape index (κ2) is 5.56. The summed E-state index contributed by atoms with van der Waals surface area (Å²) in [6.07, 6.45) is 1.78. The number of carbonyl (C=O) groups excluding carboxylic acids is 1. The Balaban J connectivity index is 2.04. The maximum absolute atomic E-state index is 11.0. The van der Waals surface area contributed by atoms with Crippen LogP contribution in [0.1, 0.15) is 18.2 Å². The normalized spacial score (nSPS) is 10.3. The van der Waals surface area contributed by atoms with Gasteiger partial charge < -0.3 is 10.6 Å². The van der Waals surface area contributed by atoms with Crippen molar-refractivity contribution in [3.63, 3.8) is 0 Å². The minimum absolute atomic E-state index is 0.0568. The van der Waals surface area contributed by atoms with Crippen molar-refractivity contribution < 1.29 is 4.79 Å². The molecule has 1 amide bonds. The number of amides is 1. The second-order valence-electron chi connectivity index (χ2n) is 4.51. The van der Waals surface area contributed by atoms with Crippen molar-refractivity contribution in [2.24, 2.45) is 7.05 Å². The van der Waals surface area contributed by atoms with Crippen LogP contribution in [0.5, 0.6) is 0 Å². The molecule has 0 fully saturated rings. The first-order valence-corrected chi connectivity index (χ1v) is 6.15. The molecule has 0 radical (unpaired) electrons. The molecule has 0 atom stereocenters. The van der Waals surface area contributed by atoms with Gasteiger partial charge in [0.1, 0.15) is 0 Å². The van der Waals surface area contributed by atoms with Crippen LogP contribution in [0.25, 0.3) is 0 Å². The molecule has 1 aromatic carbocycles. The highest BCUT2D eigenvalue weighted by Crippen LogP contribution is 2.20. The Hall–Kier alpha value is -2.30. The largest absolute Gasteiger partial charge is 0.379 e. The average Bonchev–Trinajstić information content (AvgIpc) is 2.75. The number of anilines is 2. The molecule has 0 aliphatic heterocycles. The molecule has 2 aromatic rings. The molecule has 19 heavy (non-hydrogen) atoms. The number of rotatable bonds is 4. The molecule has 0 unspecified atom stereocenters. The van der Waals surface area contributed by atoms with Crippen molar-refractivity contribution in [1.82, 2.24) is 9.78 Å². The van der Waals surface area contributed by atoms with E-state index in [2.05, 4.69) is 15.7 Å². The fourth-order valence-electron chi connectivity index (χ4n) is 1.87. The van der Waals surface area contributed by atoms with E-state index in [0.717, 1.165) is 29.2 Å². The highest BCUT2D eigenvalue weighted by atomic mass is 16.1. The highest BCUT2D eigenvalue weighted by Gasteiger charge is 2.03. The topological polar surface area (TPSA) is 59.0 Å².